The monoisotopic (exact) mass is 307 g/mol. The van der Waals surface area contributed by atoms with Crippen LogP contribution >= 0.6 is 11.6 Å². The second-order valence-corrected chi connectivity index (χ2v) is 4.79. The van der Waals surface area contributed by atoms with E-state index in [1.165, 1.54) is 22.9 Å². The molecule has 0 atom stereocenters. The van der Waals surface area contributed by atoms with Crippen molar-refractivity contribution in [1.82, 2.24) is 14.4 Å². The van der Waals surface area contributed by atoms with Crippen molar-refractivity contribution in [3.63, 3.8) is 0 Å². The van der Waals surface area contributed by atoms with Gasteiger partial charge in [-0.05, 0) is 19.1 Å². The van der Waals surface area contributed by atoms with Gasteiger partial charge in [0, 0.05) is 24.0 Å². The number of rotatable bonds is 1. The lowest BCUT2D eigenvalue weighted by atomic mass is 10.1. The smallest absolute Gasteiger partial charge is 0.267 e. The summed E-state index contributed by atoms with van der Waals surface area (Å²) in [6.45, 7) is 1.57. The summed E-state index contributed by atoms with van der Waals surface area (Å²) in [5.74, 6) is -1.47. The summed E-state index contributed by atoms with van der Waals surface area (Å²) in [5, 5.41) is -0.00997. The molecule has 0 unspecified atom stereocenters. The highest BCUT2D eigenvalue weighted by Gasteiger charge is 2.15. The van der Waals surface area contributed by atoms with Crippen LogP contribution < -0.4 is 5.56 Å². The maximum absolute atomic E-state index is 13.9. The average Bonchev–Trinajstić information content (AvgIpc) is 2.45. The predicted octanol–water partition coefficient (Wildman–Crippen LogP) is 3.00. The van der Waals surface area contributed by atoms with E-state index in [2.05, 4.69) is 9.97 Å². The van der Waals surface area contributed by atoms with Gasteiger partial charge in [0.25, 0.3) is 5.56 Å². The number of fused-ring (bicyclic) bond motifs is 1. The van der Waals surface area contributed by atoms with Crippen molar-refractivity contribution in [3.8, 4) is 11.3 Å². The first-order valence-corrected chi connectivity index (χ1v) is 6.35. The number of aryl methyl sites for hydroxylation is 1. The zero-order valence-corrected chi connectivity index (χ0v) is 11.5. The Balaban J connectivity index is 2.41. The van der Waals surface area contributed by atoms with Gasteiger partial charge in [0.05, 0.1) is 5.69 Å². The largest absolute Gasteiger partial charge is 0.277 e. The van der Waals surface area contributed by atoms with Gasteiger partial charge in [-0.15, -0.1) is 0 Å². The highest BCUT2D eigenvalue weighted by molar-refractivity contribution is 6.31. The maximum Gasteiger partial charge on any atom is 0.277 e. The molecule has 0 spiro atoms. The molecule has 0 saturated carbocycles. The molecule has 7 heteroatoms. The molecule has 0 radical (unpaired) electrons. The van der Waals surface area contributed by atoms with Crippen molar-refractivity contribution in [1.29, 1.82) is 0 Å². The van der Waals surface area contributed by atoms with Crippen LogP contribution in [0.15, 0.2) is 35.4 Å². The van der Waals surface area contributed by atoms with E-state index in [1.807, 2.05) is 0 Å². The molecule has 0 amide bonds. The molecular weight excluding hydrogens is 300 g/mol. The average molecular weight is 308 g/mol. The summed E-state index contributed by atoms with van der Waals surface area (Å²) in [4.78, 5) is 20.3. The summed E-state index contributed by atoms with van der Waals surface area (Å²) < 4.78 is 28.1. The first kappa shape index (κ1) is 13.6. The summed E-state index contributed by atoms with van der Waals surface area (Å²) in [7, 11) is 0. The molecule has 0 saturated heterocycles. The Morgan fingerprint density at radius 2 is 2.05 bits per heavy atom. The number of hydrogen-bond donors (Lipinski definition) is 0. The van der Waals surface area contributed by atoms with E-state index in [0.29, 0.717) is 5.69 Å². The Labute approximate surface area is 122 Å². The highest BCUT2D eigenvalue weighted by atomic mass is 35.5. The van der Waals surface area contributed by atoms with Crippen molar-refractivity contribution in [2.24, 2.45) is 0 Å². The van der Waals surface area contributed by atoms with Gasteiger partial charge >= 0.3 is 0 Å². The predicted molar refractivity (Wildman–Crippen MR) is 74.4 cm³/mol. The van der Waals surface area contributed by atoms with Gasteiger partial charge < -0.3 is 0 Å². The van der Waals surface area contributed by atoms with E-state index >= 15 is 0 Å². The van der Waals surface area contributed by atoms with Crippen molar-refractivity contribution >= 4 is 17.2 Å². The fourth-order valence-electron chi connectivity index (χ4n) is 2.03. The van der Waals surface area contributed by atoms with Gasteiger partial charge in [-0.25, -0.2) is 13.8 Å². The van der Waals surface area contributed by atoms with Crippen molar-refractivity contribution in [2.45, 2.75) is 6.92 Å². The minimum absolute atomic E-state index is 0.00997. The molecule has 1 aromatic carbocycles. The third-order valence-corrected chi connectivity index (χ3v) is 3.48. The van der Waals surface area contributed by atoms with Crippen LogP contribution in [0.1, 0.15) is 5.69 Å². The molecule has 0 N–H and O–H groups in total. The van der Waals surface area contributed by atoms with Crippen LogP contribution in [0.5, 0.6) is 0 Å². The Morgan fingerprint density at radius 1 is 1.29 bits per heavy atom. The fraction of sp³-hybridized carbons (Fsp3) is 0.0714. The number of hydrogen-bond acceptors (Lipinski definition) is 3. The van der Waals surface area contributed by atoms with Crippen LogP contribution in [0, 0.1) is 18.6 Å². The molecule has 4 nitrogen and oxygen atoms in total. The van der Waals surface area contributed by atoms with Crippen LogP contribution in [0.4, 0.5) is 8.78 Å². The molecular formula is C14H8ClF2N3O. The van der Waals surface area contributed by atoms with Crippen LogP contribution in [-0.4, -0.2) is 14.4 Å². The summed E-state index contributed by atoms with van der Waals surface area (Å²) in [6.07, 6.45) is 2.72. The molecule has 2 aromatic heterocycles. The first-order valence-electron chi connectivity index (χ1n) is 5.98. The molecule has 0 aliphatic heterocycles. The van der Waals surface area contributed by atoms with Gasteiger partial charge in [-0.2, -0.15) is 0 Å². The molecule has 3 rings (SSSR count). The molecule has 0 aliphatic rings. The summed E-state index contributed by atoms with van der Waals surface area (Å²) >= 11 is 5.87. The van der Waals surface area contributed by atoms with Crippen molar-refractivity contribution in [3.05, 3.63) is 63.3 Å². The Bertz CT molecular complexity index is 924. The lowest BCUT2D eigenvalue weighted by Crippen LogP contribution is -2.17. The molecule has 106 valence electrons. The highest BCUT2D eigenvalue weighted by Crippen LogP contribution is 2.24. The Hall–Kier alpha value is -2.34. The van der Waals surface area contributed by atoms with E-state index in [-0.39, 0.29) is 21.9 Å². The summed E-state index contributed by atoms with van der Waals surface area (Å²) in [6, 6.07) is 3.12. The van der Waals surface area contributed by atoms with Gasteiger partial charge in [0.1, 0.15) is 22.4 Å². The lowest BCUT2D eigenvalue weighted by molar-refractivity contribution is 0.585. The van der Waals surface area contributed by atoms with E-state index in [1.54, 1.807) is 6.92 Å². The van der Waals surface area contributed by atoms with Gasteiger partial charge in [-0.1, -0.05) is 11.6 Å². The normalized spacial score (nSPS) is 11.0. The lowest BCUT2D eigenvalue weighted by Gasteiger charge is -2.08. The van der Waals surface area contributed by atoms with Crippen LogP contribution in [-0.2, 0) is 0 Å². The van der Waals surface area contributed by atoms with E-state index in [0.717, 1.165) is 12.1 Å². The van der Waals surface area contributed by atoms with Crippen molar-refractivity contribution in [2.75, 3.05) is 0 Å². The molecule has 21 heavy (non-hydrogen) atoms. The first-order chi connectivity index (χ1) is 9.99. The van der Waals surface area contributed by atoms with Crippen LogP contribution in [0.3, 0.4) is 0 Å². The molecule has 0 aliphatic carbocycles. The molecule has 0 fully saturated rings. The third-order valence-electron chi connectivity index (χ3n) is 3.04. The zero-order chi connectivity index (χ0) is 15.1. The van der Waals surface area contributed by atoms with Crippen LogP contribution in [0.2, 0.25) is 5.02 Å². The standard InChI is InChI=1S/C14H8ClF2N3O/c1-7-11(15)14(21)20-5-4-18-12(13(20)19-7)9-3-2-8(16)6-10(9)17/h2-6H,1H3. The zero-order valence-electron chi connectivity index (χ0n) is 10.8. The molecule has 2 heterocycles. The second-order valence-electron chi connectivity index (χ2n) is 4.41. The Kier molecular flexibility index (Phi) is 3.17. The minimum Gasteiger partial charge on any atom is -0.267 e. The molecule has 0 bridgehead atoms. The SMILES string of the molecule is Cc1nc2c(-c3ccc(F)cc3F)nccn2c(=O)c1Cl. The number of aromatic nitrogens is 3. The van der Waals surface area contributed by atoms with E-state index in [4.69, 9.17) is 11.6 Å². The summed E-state index contributed by atoms with van der Waals surface area (Å²) in [5.41, 5.74) is 0.216. The van der Waals surface area contributed by atoms with E-state index in [9.17, 15) is 13.6 Å². The minimum atomic E-state index is -0.780. The van der Waals surface area contributed by atoms with Gasteiger partial charge in [0.2, 0.25) is 0 Å². The second kappa shape index (κ2) is 4.89. The number of nitrogens with zero attached hydrogens (tertiary/aromatic N) is 3. The van der Waals surface area contributed by atoms with Gasteiger partial charge in [0.15, 0.2) is 5.65 Å². The maximum atomic E-state index is 13.9. The van der Waals surface area contributed by atoms with Gasteiger partial charge in [-0.3, -0.25) is 14.2 Å². The number of halogens is 3. The molecule has 3 aromatic rings. The topological polar surface area (TPSA) is 47.3 Å². The van der Waals surface area contributed by atoms with Crippen LogP contribution in [0.25, 0.3) is 16.9 Å². The van der Waals surface area contributed by atoms with Crippen molar-refractivity contribution < 1.29 is 8.78 Å². The number of benzene rings is 1. The van der Waals surface area contributed by atoms with E-state index < -0.39 is 17.2 Å². The quantitative estimate of drug-likeness (QED) is 0.694. The Morgan fingerprint density at radius 3 is 2.76 bits per heavy atom. The third kappa shape index (κ3) is 2.17. The fourth-order valence-corrected chi connectivity index (χ4v) is 2.16.